The molecule has 0 spiro atoms. The third-order valence-electron chi connectivity index (χ3n) is 4.35. The summed E-state index contributed by atoms with van der Waals surface area (Å²) in [6.45, 7) is 1.87. The van der Waals surface area contributed by atoms with Gasteiger partial charge in [-0.05, 0) is 54.8 Å². The molecular weight excluding hydrogens is 516 g/mol. The van der Waals surface area contributed by atoms with Crippen LogP contribution in [0.3, 0.4) is 0 Å². The molecule has 2 rings (SSSR count). The highest BCUT2D eigenvalue weighted by Gasteiger charge is 2.13. The Labute approximate surface area is 200 Å². The van der Waals surface area contributed by atoms with Crippen molar-refractivity contribution in [2.45, 2.75) is 19.4 Å². The zero-order chi connectivity index (χ0) is 21.8. The maximum Gasteiger partial charge on any atom is 0.203 e. The average Bonchev–Trinajstić information content (AvgIpc) is 2.78. The lowest BCUT2D eigenvalue weighted by molar-refractivity contribution is 0.306. The van der Waals surface area contributed by atoms with Crippen molar-refractivity contribution in [3.8, 4) is 23.0 Å². The van der Waals surface area contributed by atoms with Gasteiger partial charge in [-0.25, -0.2) is 4.39 Å². The number of ether oxygens (including phenoxy) is 4. The summed E-state index contributed by atoms with van der Waals surface area (Å²) in [5.41, 5.74) is 0.972. The molecule has 0 saturated carbocycles. The molecule has 0 aliphatic carbocycles. The summed E-state index contributed by atoms with van der Waals surface area (Å²) in [5.74, 6) is 2.89. The highest BCUT2D eigenvalue weighted by Crippen LogP contribution is 2.38. The van der Waals surface area contributed by atoms with Gasteiger partial charge in [-0.2, -0.15) is 0 Å². The second-order valence-electron chi connectivity index (χ2n) is 6.40. The van der Waals surface area contributed by atoms with Crippen molar-refractivity contribution in [2.75, 3.05) is 41.5 Å². The first-order valence-corrected chi connectivity index (χ1v) is 9.73. The fraction of sp³-hybridized carbons (Fsp3) is 0.409. The molecule has 0 aliphatic heterocycles. The van der Waals surface area contributed by atoms with Gasteiger partial charge in [0.05, 0.1) is 27.9 Å². The molecule has 0 fully saturated rings. The van der Waals surface area contributed by atoms with Crippen molar-refractivity contribution in [1.82, 2.24) is 10.6 Å². The molecule has 0 atom stereocenters. The zero-order valence-corrected chi connectivity index (χ0v) is 20.7. The predicted molar refractivity (Wildman–Crippen MR) is 131 cm³/mol. The van der Waals surface area contributed by atoms with Gasteiger partial charge in [0, 0.05) is 20.1 Å². The number of benzene rings is 2. The monoisotopic (exact) mass is 547 g/mol. The Morgan fingerprint density at radius 1 is 0.935 bits per heavy atom. The Kier molecular flexibility index (Phi) is 12.5. The van der Waals surface area contributed by atoms with Crippen LogP contribution < -0.4 is 29.6 Å². The van der Waals surface area contributed by atoms with Crippen molar-refractivity contribution < 1.29 is 23.3 Å². The van der Waals surface area contributed by atoms with Crippen LogP contribution in [0.4, 0.5) is 4.39 Å². The van der Waals surface area contributed by atoms with Gasteiger partial charge in [0.25, 0.3) is 0 Å². The largest absolute Gasteiger partial charge is 0.494 e. The number of nitrogens with zero attached hydrogens (tertiary/aromatic N) is 1. The Morgan fingerprint density at radius 2 is 1.58 bits per heavy atom. The molecule has 0 bridgehead atoms. The van der Waals surface area contributed by atoms with Gasteiger partial charge in [0.1, 0.15) is 11.6 Å². The number of nitrogens with one attached hydrogen (secondary N) is 2. The molecule has 0 aromatic heterocycles. The molecule has 0 saturated heterocycles. The maximum atomic E-state index is 12.9. The summed E-state index contributed by atoms with van der Waals surface area (Å²) in [5, 5.41) is 6.54. The van der Waals surface area contributed by atoms with Gasteiger partial charge >= 0.3 is 0 Å². The standard InChI is InChI=1S/C22H30FN3O4.HI/c1-24-22(25-11-5-6-12-30-18-9-7-17(23)8-10-18)26-15-16-13-19(27-2)21(29-4)20(14-16)28-3;/h7-10,13-14H,5-6,11-12,15H2,1-4H3,(H2,24,25,26);1H. The molecule has 7 nitrogen and oxygen atoms in total. The van der Waals surface area contributed by atoms with E-state index in [0.717, 1.165) is 24.9 Å². The van der Waals surface area contributed by atoms with Crippen molar-refractivity contribution in [3.05, 3.63) is 47.8 Å². The van der Waals surface area contributed by atoms with E-state index in [1.54, 1.807) is 40.5 Å². The highest BCUT2D eigenvalue weighted by molar-refractivity contribution is 14.0. The SMILES string of the molecule is CN=C(NCCCCOc1ccc(F)cc1)NCc1cc(OC)c(OC)c(OC)c1.I. The number of methoxy groups -OCH3 is 3. The van der Waals surface area contributed by atoms with E-state index >= 15 is 0 Å². The lowest BCUT2D eigenvalue weighted by Crippen LogP contribution is -2.37. The number of hydrogen-bond acceptors (Lipinski definition) is 5. The Bertz CT molecular complexity index is 794. The molecule has 0 amide bonds. The molecule has 31 heavy (non-hydrogen) atoms. The van der Waals surface area contributed by atoms with E-state index in [1.807, 2.05) is 12.1 Å². The van der Waals surface area contributed by atoms with E-state index in [2.05, 4.69) is 15.6 Å². The maximum absolute atomic E-state index is 12.9. The number of hydrogen-bond donors (Lipinski definition) is 2. The van der Waals surface area contributed by atoms with Crippen LogP contribution >= 0.6 is 24.0 Å². The highest BCUT2D eigenvalue weighted by atomic mass is 127. The third-order valence-corrected chi connectivity index (χ3v) is 4.35. The number of aliphatic imine (C=N–C) groups is 1. The lowest BCUT2D eigenvalue weighted by Gasteiger charge is -2.16. The van der Waals surface area contributed by atoms with Gasteiger partial charge in [0.15, 0.2) is 17.5 Å². The van der Waals surface area contributed by atoms with Crippen LogP contribution in [0.1, 0.15) is 18.4 Å². The first kappa shape index (κ1) is 26.6. The smallest absolute Gasteiger partial charge is 0.203 e. The minimum Gasteiger partial charge on any atom is -0.494 e. The van der Waals surface area contributed by atoms with Crippen molar-refractivity contribution in [2.24, 2.45) is 4.99 Å². The minimum atomic E-state index is -0.267. The fourth-order valence-corrected chi connectivity index (χ4v) is 2.80. The summed E-state index contributed by atoms with van der Waals surface area (Å²) in [7, 11) is 6.49. The minimum absolute atomic E-state index is 0. The summed E-state index contributed by atoms with van der Waals surface area (Å²) in [6, 6.07) is 9.83. The van der Waals surface area contributed by atoms with Crippen molar-refractivity contribution in [1.29, 1.82) is 0 Å². The first-order chi connectivity index (χ1) is 14.6. The Balaban J connectivity index is 0.00000480. The predicted octanol–water partition coefficient (Wildman–Crippen LogP) is 3.99. The first-order valence-electron chi connectivity index (χ1n) is 9.73. The molecule has 0 heterocycles. The van der Waals surface area contributed by atoms with Crippen LogP contribution in [0.5, 0.6) is 23.0 Å². The lowest BCUT2D eigenvalue weighted by atomic mass is 10.2. The fourth-order valence-electron chi connectivity index (χ4n) is 2.80. The number of halogens is 2. The number of rotatable bonds is 11. The van der Waals surface area contributed by atoms with Gasteiger partial charge in [-0.1, -0.05) is 0 Å². The Morgan fingerprint density at radius 3 is 2.13 bits per heavy atom. The molecule has 0 radical (unpaired) electrons. The summed E-state index contributed by atoms with van der Waals surface area (Å²) < 4.78 is 34.6. The van der Waals surface area contributed by atoms with E-state index in [4.69, 9.17) is 18.9 Å². The van der Waals surface area contributed by atoms with Gasteiger partial charge < -0.3 is 29.6 Å². The van der Waals surface area contributed by atoms with Gasteiger partial charge in [-0.15, -0.1) is 24.0 Å². The van der Waals surface area contributed by atoms with Crippen LogP contribution in [0.15, 0.2) is 41.4 Å². The van der Waals surface area contributed by atoms with Gasteiger partial charge in [0.2, 0.25) is 5.75 Å². The third kappa shape index (κ3) is 8.68. The molecular formula is C22H31FIN3O4. The second kappa shape index (κ2) is 14.6. The van der Waals surface area contributed by atoms with Crippen LogP contribution in [0.2, 0.25) is 0 Å². The molecule has 2 aromatic carbocycles. The van der Waals surface area contributed by atoms with E-state index < -0.39 is 0 Å². The van der Waals surface area contributed by atoms with E-state index in [9.17, 15) is 4.39 Å². The molecule has 172 valence electrons. The van der Waals surface area contributed by atoms with Crippen LogP contribution in [-0.2, 0) is 6.54 Å². The van der Waals surface area contributed by atoms with Crippen molar-refractivity contribution in [3.63, 3.8) is 0 Å². The summed E-state index contributed by atoms with van der Waals surface area (Å²) >= 11 is 0. The van der Waals surface area contributed by atoms with Crippen LogP contribution in [-0.4, -0.2) is 47.5 Å². The van der Waals surface area contributed by atoms with E-state index in [-0.39, 0.29) is 29.8 Å². The quantitative estimate of drug-likeness (QED) is 0.192. The summed E-state index contributed by atoms with van der Waals surface area (Å²) in [6.07, 6.45) is 1.78. The Hall–Kier alpha value is -2.43. The molecule has 9 heteroatoms. The molecule has 2 aromatic rings. The summed E-state index contributed by atoms with van der Waals surface area (Å²) in [4.78, 5) is 4.24. The van der Waals surface area contributed by atoms with Gasteiger partial charge in [-0.3, -0.25) is 4.99 Å². The number of unbranched alkanes of at least 4 members (excludes halogenated alkanes) is 1. The molecule has 0 aliphatic rings. The van der Waals surface area contributed by atoms with E-state index in [0.29, 0.717) is 42.1 Å². The van der Waals surface area contributed by atoms with Crippen LogP contribution in [0, 0.1) is 5.82 Å². The topological polar surface area (TPSA) is 73.3 Å². The number of guanidine groups is 1. The van der Waals surface area contributed by atoms with E-state index in [1.165, 1.54) is 12.1 Å². The zero-order valence-electron chi connectivity index (χ0n) is 18.4. The average molecular weight is 547 g/mol. The molecule has 2 N–H and O–H groups in total. The normalized spacial score (nSPS) is 10.7. The van der Waals surface area contributed by atoms with Crippen LogP contribution in [0.25, 0.3) is 0 Å². The molecule has 0 unspecified atom stereocenters. The van der Waals surface area contributed by atoms with Crippen molar-refractivity contribution >= 4 is 29.9 Å². The second-order valence-corrected chi connectivity index (χ2v) is 6.40.